The number of anilines is 2. The lowest BCUT2D eigenvalue weighted by Crippen LogP contribution is -2.17. The summed E-state index contributed by atoms with van der Waals surface area (Å²) in [7, 11) is 3.80. The van der Waals surface area contributed by atoms with Crippen LogP contribution in [0.25, 0.3) is 11.6 Å². The number of alkyl halides is 3. The number of carbonyl (C=O) groups excluding carboxylic acids is 3. The number of hydrogen-bond acceptors (Lipinski definition) is 5. The number of imide groups is 1. The fourth-order valence-corrected chi connectivity index (χ4v) is 4.52. The molecule has 0 unspecified atom stereocenters. The summed E-state index contributed by atoms with van der Waals surface area (Å²) in [5, 5.41) is 4.47. The minimum Gasteiger partial charge on any atom is -0.378 e. The molecule has 2 N–H and O–H groups in total. The second-order valence-electron chi connectivity index (χ2n) is 8.88. The maximum absolute atomic E-state index is 13.1. The quantitative estimate of drug-likeness (QED) is 0.247. The maximum Gasteiger partial charge on any atom is 0.416 e. The van der Waals surface area contributed by atoms with Crippen LogP contribution in [0.1, 0.15) is 22.3 Å². The standard InChI is InChI=1S/C30H24F3N3O3S/c1-36(2)23-16-12-20(13-17-23)24(19-10-14-22(15-11-19)30(31,32)33)7-5-9-27(37)34-25-8-4-3-6-21(25)18-26-28(38)35-29(39)40-26/h3-18H,1-2H3,(H,34,37)(H,35,38,39)/b9-5+,24-7-,26-18+. The van der Waals surface area contributed by atoms with E-state index in [-0.39, 0.29) is 4.91 Å². The van der Waals surface area contributed by atoms with Gasteiger partial charge in [-0.3, -0.25) is 19.7 Å². The highest BCUT2D eigenvalue weighted by Crippen LogP contribution is 2.32. The van der Waals surface area contributed by atoms with Crippen LogP contribution in [0.5, 0.6) is 0 Å². The fourth-order valence-electron chi connectivity index (χ4n) is 3.84. The van der Waals surface area contributed by atoms with Crippen LogP contribution in [0.4, 0.5) is 29.3 Å². The Labute approximate surface area is 233 Å². The molecule has 0 spiro atoms. The van der Waals surface area contributed by atoms with Crippen LogP contribution >= 0.6 is 11.8 Å². The predicted octanol–water partition coefficient (Wildman–Crippen LogP) is 6.72. The molecule has 0 aliphatic carbocycles. The summed E-state index contributed by atoms with van der Waals surface area (Å²) in [5.74, 6) is -0.966. The summed E-state index contributed by atoms with van der Waals surface area (Å²) in [5.41, 5.74) is 3.12. The van der Waals surface area contributed by atoms with Crippen molar-refractivity contribution in [3.05, 3.63) is 118 Å². The summed E-state index contributed by atoms with van der Waals surface area (Å²) in [6, 6.07) is 19.2. The van der Waals surface area contributed by atoms with E-state index in [9.17, 15) is 27.6 Å². The van der Waals surface area contributed by atoms with Crippen molar-refractivity contribution in [1.29, 1.82) is 0 Å². The largest absolute Gasteiger partial charge is 0.416 e. The van der Waals surface area contributed by atoms with Crippen molar-refractivity contribution in [2.24, 2.45) is 0 Å². The highest BCUT2D eigenvalue weighted by molar-refractivity contribution is 8.18. The van der Waals surface area contributed by atoms with E-state index in [1.54, 1.807) is 30.3 Å². The predicted molar refractivity (Wildman–Crippen MR) is 153 cm³/mol. The first-order valence-corrected chi connectivity index (χ1v) is 12.8. The number of benzene rings is 3. The molecule has 204 valence electrons. The molecule has 40 heavy (non-hydrogen) atoms. The third-order valence-electron chi connectivity index (χ3n) is 5.88. The van der Waals surface area contributed by atoms with Crippen LogP contribution in [-0.2, 0) is 15.8 Å². The molecule has 4 rings (SSSR count). The topological polar surface area (TPSA) is 78.5 Å². The van der Waals surface area contributed by atoms with Crippen molar-refractivity contribution in [1.82, 2.24) is 5.32 Å². The van der Waals surface area contributed by atoms with E-state index < -0.39 is 28.8 Å². The number of thioether (sulfide) groups is 1. The van der Waals surface area contributed by atoms with Crippen LogP contribution in [0.3, 0.4) is 0 Å². The van der Waals surface area contributed by atoms with E-state index in [1.807, 2.05) is 43.3 Å². The van der Waals surface area contributed by atoms with E-state index in [0.717, 1.165) is 35.1 Å². The summed E-state index contributed by atoms with van der Waals surface area (Å²) >= 11 is 0.775. The Morgan fingerprint density at radius 3 is 2.12 bits per heavy atom. The number of rotatable bonds is 7. The summed E-state index contributed by atoms with van der Waals surface area (Å²) in [4.78, 5) is 38.2. The van der Waals surface area contributed by atoms with Gasteiger partial charge >= 0.3 is 6.18 Å². The number of allylic oxidation sites excluding steroid dienone is 2. The van der Waals surface area contributed by atoms with Gasteiger partial charge in [-0.05, 0) is 70.4 Å². The van der Waals surface area contributed by atoms with Crippen molar-refractivity contribution in [2.45, 2.75) is 6.18 Å². The third-order valence-corrected chi connectivity index (χ3v) is 6.69. The van der Waals surface area contributed by atoms with E-state index in [4.69, 9.17) is 0 Å². The lowest BCUT2D eigenvalue weighted by molar-refractivity contribution is -0.137. The summed E-state index contributed by atoms with van der Waals surface area (Å²) < 4.78 is 39.3. The first kappa shape index (κ1) is 28.4. The minimum absolute atomic E-state index is 0.214. The number of carbonyl (C=O) groups is 3. The van der Waals surface area contributed by atoms with Gasteiger partial charge in [-0.2, -0.15) is 13.2 Å². The van der Waals surface area contributed by atoms with Gasteiger partial charge in [-0.25, -0.2) is 0 Å². The monoisotopic (exact) mass is 563 g/mol. The van der Waals surface area contributed by atoms with Gasteiger partial charge in [0.2, 0.25) is 5.91 Å². The molecule has 1 saturated heterocycles. The average Bonchev–Trinajstić information content (AvgIpc) is 3.23. The van der Waals surface area contributed by atoms with E-state index >= 15 is 0 Å². The maximum atomic E-state index is 13.1. The molecule has 3 aromatic carbocycles. The van der Waals surface area contributed by atoms with E-state index in [0.29, 0.717) is 22.4 Å². The van der Waals surface area contributed by atoms with Crippen LogP contribution in [0, 0.1) is 0 Å². The highest BCUT2D eigenvalue weighted by atomic mass is 32.2. The molecule has 3 amide bonds. The molecule has 1 fully saturated rings. The van der Waals surface area contributed by atoms with Crippen molar-refractivity contribution >= 4 is 51.8 Å². The van der Waals surface area contributed by atoms with Gasteiger partial charge in [0, 0.05) is 31.5 Å². The van der Waals surface area contributed by atoms with Crippen molar-refractivity contribution < 1.29 is 27.6 Å². The molecule has 0 aromatic heterocycles. The van der Waals surface area contributed by atoms with E-state index in [1.165, 1.54) is 30.4 Å². The smallest absolute Gasteiger partial charge is 0.378 e. The minimum atomic E-state index is -4.45. The first-order valence-electron chi connectivity index (χ1n) is 12.0. The lowest BCUT2D eigenvalue weighted by atomic mass is 9.96. The van der Waals surface area contributed by atoms with Crippen LogP contribution in [0.15, 0.2) is 95.9 Å². The molecule has 10 heteroatoms. The molecule has 1 heterocycles. The molecule has 3 aromatic rings. The van der Waals surface area contributed by atoms with Crippen molar-refractivity contribution in [3.8, 4) is 0 Å². The van der Waals surface area contributed by atoms with Gasteiger partial charge in [0.1, 0.15) is 0 Å². The zero-order valence-electron chi connectivity index (χ0n) is 21.5. The first-order chi connectivity index (χ1) is 19.0. The zero-order valence-corrected chi connectivity index (χ0v) is 22.3. The molecule has 0 atom stereocenters. The normalized spacial score (nSPS) is 15.0. The molecular formula is C30H24F3N3O3S. The van der Waals surface area contributed by atoms with Gasteiger partial charge in [-0.15, -0.1) is 0 Å². The molecule has 1 aliphatic heterocycles. The number of nitrogens with one attached hydrogen (secondary N) is 2. The Hall–Kier alpha value is -4.57. The second kappa shape index (κ2) is 12.1. The van der Waals surface area contributed by atoms with Crippen LogP contribution in [-0.4, -0.2) is 31.1 Å². The number of hydrogen-bond donors (Lipinski definition) is 2. The SMILES string of the molecule is CN(C)c1ccc(/C(=C\C=C\C(=O)Nc2ccccc2/C=C2/SC(=O)NC2=O)c2ccc(C(F)(F)F)cc2)cc1. The number of nitrogens with zero attached hydrogens (tertiary/aromatic N) is 1. The van der Waals surface area contributed by atoms with E-state index in [2.05, 4.69) is 10.6 Å². The fraction of sp³-hybridized carbons (Fsp3) is 0.100. The molecular weight excluding hydrogens is 539 g/mol. The van der Waals surface area contributed by atoms with Crippen molar-refractivity contribution in [2.75, 3.05) is 24.3 Å². The molecule has 0 bridgehead atoms. The van der Waals surface area contributed by atoms with Gasteiger partial charge < -0.3 is 10.2 Å². The molecule has 0 radical (unpaired) electrons. The summed E-state index contributed by atoms with van der Waals surface area (Å²) in [6.07, 6.45) is 1.54. The second-order valence-corrected chi connectivity index (χ2v) is 9.90. The number of halogens is 3. The Morgan fingerprint density at radius 1 is 0.925 bits per heavy atom. The Balaban J connectivity index is 1.59. The Bertz CT molecular complexity index is 1520. The molecule has 6 nitrogen and oxygen atoms in total. The van der Waals surface area contributed by atoms with Gasteiger partial charge in [0.25, 0.3) is 11.1 Å². The highest BCUT2D eigenvalue weighted by Gasteiger charge is 2.30. The lowest BCUT2D eigenvalue weighted by Gasteiger charge is -2.14. The van der Waals surface area contributed by atoms with Gasteiger partial charge in [-0.1, -0.05) is 54.6 Å². The molecule has 1 aliphatic rings. The molecule has 0 saturated carbocycles. The Morgan fingerprint density at radius 2 is 1.55 bits per heavy atom. The zero-order chi connectivity index (χ0) is 28.9. The van der Waals surface area contributed by atoms with Crippen LogP contribution in [0.2, 0.25) is 0 Å². The Kier molecular flexibility index (Phi) is 8.59. The number of amides is 3. The van der Waals surface area contributed by atoms with Gasteiger partial charge in [0.05, 0.1) is 10.5 Å². The average molecular weight is 564 g/mol. The third kappa shape index (κ3) is 7.09. The van der Waals surface area contributed by atoms with Crippen molar-refractivity contribution in [3.63, 3.8) is 0 Å². The van der Waals surface area contributed by atoms with Gasteiger partial charge in [0.15, 0.2) is 0 Å². The van der Waals surface area contributed by atoms with Crippen LogP contribution < -0.4 is 15.5 Å². The summed E-state index contributed by atoms with van der Waals surface area (Å²) in [6.45, 7) is 0. The number of para-hydroxylation sites is 1.